The van der Waals surface area contributed by atoms with Gasteiger partial charge in [-0.05, 0) is 13.0 Å². The van der Waals surface area contributed by atoms with Gasteiger partial charge >= 0.3 is 0 Å². The number of halogens is 1. The van der Waals surface area contributed by atoms with E-state index in [1.165, 1.54) is 6.07 Å². The summed E-state index contributed by atoms with van der Waals surface area (Å²) in [6.07, 6.45) is 0. The molecule has 0 radical (unpaired) electrons. The zero-order chi connectivity index (χ0) is 12.3. The zero-order valence-electron chi connectivity index (χ0n) is 9.44. The minimum absolute atomic E-state index is 0.209. The van der Waals surface area contributed by atoms with Crippen molar-refractivity contribution in [1.29, 1.82) is 0 Å². The van der Waals surface area contributed by atoms with Crippen LogP contribution in [-0.4, -0.2) is 9.97 Å². The molecule has 0 bridgehead atoms. The van der Waals surface area contributed by atoms with Crippen molar-refractivity contribution in [2.24, 2.45) is 0 Å². The fourth-order valence-electron chi connectivity index (χ4n) is 1.51. The highest BCUT2D eigenvalue weighted by Gasteiger charge is 2.02. The van der Waals surface area contributed by atoms with E-state index >= 15 is 0 Å². The van der Waals surface area contributed by atoms with E-state index in [4.69, 9.17) is 5.73 Å². The number of aryl methyl sites for hydroxylation is 1. The van der Waals surface area contributed by atoms with E-state index < -0.39 is 0 Å². The van der Waals surface area contributed by atoms with Gasteiger partial charge in [-0.2, -0.15) is 4.98 Å². The Balaban J connectivity index is 2.10. The van der Waals surface area contributed by atoms with Crippen LogP contribution in [0.15, 0.2) is 30.3 Å². The number of anilines is 2. The van der Waals surface area contributed by atoms with Gasteiger partial charge in [-0.15, -0.1) is 0 Å². The lowest BCUT2D eigenvalue weighted by atomic mass is 10.2. The molecule has 0 fully saturated rings. The minimum atomic E-state index is -0.237. The Labute approximate surface area is 98.7 Å². The van der Waals surface area contributed by atoms with Crippen LogP contribution in [0.2, 0.25) is 0 Å². The molecule has 17 heavy (non-hydrogen) atoms. The second-order valence-electron chi connectivity index (χ2n) is 3.70. The summed E-state index contributed by atoms with van der Waals surface area (Å²) in [6, 6.07) is 8.36. The highest BCUT2D eigenvalue weighted by Crippen LogP contribution is 2.11. The molecule has 0 aliphatic rings. The van der Waals surface area contributed by atoms with Gasteiger partial charge in [0.2, 0.25) is 5.95 Å². The van der Waals surface area contributed by atoms with Crippen molar-refractivity contribution in [3.63, 3.8) is 0 Å². The van der Waals surface area contributed by atoms with Crippen LogP contribution in [0.1, 0.15) is 11.3 Å². The molecule has 0 amide bonds. The molecule has 0 atom stereocenters. The minimum Gasteiger partial charge on any atom is -0.368 e. The summed E-state index contributed by atoms with van der Waals surface area (Å²) < 4.78 is 13.4. The lowest BCUT2D eigenvalue weighted by Gasteiger charge is -2.07. The molecule has 0 aliphatic carbocycles. The summed E-state index contributed by atoms with van der Waals surface area (Å²) in [5, 5.41) is 3.01. The normalized spacial score (nSPS) is 10.2. The molecule has 0 unspecified atom stereocenters. The molecule has 88 valence electrons. The molecular formula is C12H13FN4. The van der Waals surface area contributed by atoms with Crippen LogP contribution in [0, 0.1) is 12.7 Å². The number of aromatic nitrogens is 2. The SMILES string of the molecule is Cc1cc(NCc2ccccc2F)nc(N)n1. The van der Waals surface area contributed by atoms with Gasteiger partial charge in [0.05, 0.1) is 0 Å². The maximum absolute atomic E-state index is 13.4. The monoisotopic (exact) mass is 232 g/mol. The molecule has 3 N–H and O–H groups in total. The van der Waals surface area contributed by atoms with E-state index in [-0.39, 0.29) is 11.8 Å². The molecule has 0 spiro atoms. The van der Waals surface area contributed by atoms with E-state index in [9.17, 15) is 4.39 Å². The first kappa shape index (κ1) is 11.3. The van der Waals surface area contributed by atoms with E-state index in [1.54, 1.807) is 24.3 Å². The molecule has 1 aromatic carbocycles. The molecule has 0 saturated heterocycles. The number of benzene rings is 1. The number of nitrogens with one attached hydrogen (secondary N) is 1. The van der Waals surface area contributed by atoms with Gasteiger partial charge in [0.15, 0.2) is 0 Å². The zero-order valence-corrected chi connectivity index (χ0v) is 9.44. The van der Waals surface area contributed by atoms with E-state index in [0.717, 1.165) is 5.69 Å². The summed E-state index contributed by atoms with van der Waals surface area (Å²) in [7, 11) is 0. The summed E-state index contributed by atoms with van der Waals surface area (Å²) in [4.78, 5) is 7.97. The number of nitrogens with zero attached hydrogens (tertiary/aromatic N) is 2. The van der Waals surface area contributed by atoms with Crippen molar-refractivity contribution >= 4 is 11.8 Å². The average molecular weight is 232 g/mol. The second kappa shape index (κ2) is 4.78. The summed E-state index contributed by atoms with van der Waals surface area (Å²) in [5.41, 5.74) is 6.88. The van der Waals surface area contributed by atoms with Crippen LogP contribution in [-0.2, 0) is 6.54 Å². The summed E-state index contributed by atoms with van der Waals surface area (Å²) in [6.45, 7) is 2.19. The number of nitrogen functional groups attached to an aromatic ring is 1. The highest BCUT2D eigenvalue weighted by atomic mass is 19.1. The van der Waals surface area contributed by atoms with Gasteiger partial charge in [0, 0.05) is 23.9 Å². The number of nitrogens with two attached hydrogens (primary N) is 1. The molecular weight excluding hydrogens is 219 g/mol. The fraction of sp³-hybridized carbons (Fsp3) is 0.167. The van der Waals surface area contributed by atoms with Crippen molar-refractivity contribution in [1.82, 2.24) is 9.97 Å². The lowest BCUT2D eigenvalue weighted by Crippen LogP contribution is -2.06. The Morgan fingerprint density at radius 2 is 2.06 bits per heavy atom. The Bertz CT molecular complexity index is 507. The Hall–Kier alpha value is -2.17. The molecule has 4 nitrogen and oxygen atoms in total. The van der Waals surface area contributed by atoms with Crippen LogP contribution >= 0.6 is 0 Å². The van der Waals surface area contributed by atoms with Gasteiger partial charge in [-0.25, -0.2) is 9.37 Å². The first-order valence-electron chi connectivity index (χ1n) is 5.23. The molecule has 2 aromatic rings. The molecule has 0 saturated carbocycles. The van der Waals surface area contributed by atoms with Crippen molar-refractivity contribution in [3.05, 3.63) is 47.4 Å². The summed E-state index contributed by atoms with van der Waals surface area (Å²) in [5.74, 6) is 0.568. The lowest BCUT2D eigenvalue weighted by molar-refractivity contribution is 0.613. The smallest absolute Gasteiger partial charge is 0.222 e. The van der Waals surface area contributed by atoms with Gasteiger partial charge < -0.3 is 11.1 Å². The molecule has 1 heterocycles. The second-order valence-corrected chi connectivity index (χ2v) is 3.70. The first-order chi connectivity index (χ1) is 8.15. The van der Waals surface area contributed by atoms with Crippen molar-refractivity contribution in [3.8, 4) is 0 Å². The molecule has 0 aliphatic heterocycles. The van der Waals surface area contributed by atoms with Gasteiger partial charge in [0.1, 0.15) is 11.6 Å². The Morgan fingerprint density at radius 3 is 2.76 bits per heavy atom. The number of hydrogen-bond acceptors (Lipinski definition) is 4. The van der Waals surface area contributed by atoms with Crippen LogP contribution in [0.5, 0.6) is 0 Å². The van der Waals surface area contributed by atoms with Gasteiger partial charge in [-0.1, -0.05) is 18.2 Å². The average Bonchev–Trinajstić information content (AvgIpc) is 2.27. The Morgan fingerprint density at radius 1 is 1.29 bits per heavy atom. The number of rotatable bonds is 3. The summed E-state index contributed by atoms with van der Waals surface area (Å²) >= 11 is 0. The standard InChI is InChI=1S/C12H13FN4/c1-8-6-11(17-12(14)16-8)15-7-9-4-2-3-5-10(9)13/h2-6H,7H2,1H3,(H3,14,15,16,17). The van der Waals surface area contributed by atoms with Gasteiger partial charge in [-0.3, -0.25) is 0 Å². The van der Waals surface area contributed by atoms with Crippen LogP contribution in [0.4, 0.5) is 16.2 Å². The van der Waals surface area contributed by atoms with Crippen molar-refractivity contribution in [2.45, 2.75) is 13.5 Å². The maximum Gasteiger partial charge on any atom is 0.222 e. The first-order valence-corrected chi connectivity index (χ1v) is 5.23. The number of hydrogen-bond donors (Lipinski definition) is 2. The third kappa shape index (κ3) is 2.90. The highest BCUT2D eigenvalue weighted by molar-refractivity contribution is 5.41. The van der Waals surface area contributed by atoms with Crippen molar-refractivity contribution < 1.29 is 4.39 Å². The van der Waals surface area contributed by atoms with Crippen molar-refractivity contribution in [2.75, 3.05) is 11.1 Å². The van der Waals surface area contributed by atoms with Gasteiger partial charge in [0.25, 0.3) is 0 Å². The van der Waals surface area contributed by atoms with Crippen LogP contribution in [0.25, 0.3) is 0 Å². The molecule has 5 heteroatoms. The fourth-order valence-corrected chi connectivity index (χ4v) is 1.51. The van der Waals surface area contributed by atoms with E-state index in [1.807, 2.05) is 6.92 Å². The third-order valence-corrected chi connectivity index (χ3v) is 2.29. The van der Waals surface area contributed by atoms with Crippen LogP contribution in [0.3, 0.4) is 0 Å². The topological polar surface area (TPSA) is 63.8 Å². The predicted octanol–water partition coefficient (Wildman–Crippen LogP) is 2.12. The Kier molecular flexibility index (Phi) is 3.18. The van der Waals surface area contributed by atoms with E-state index in [2.05, 4.69) is 15.3 Å². The third-order valence-electron chi connectivity index (χ3n) is 2.29. The molecule has 2 rings (SSSR count). The molecule has 1 aromatic heterocycles. The predicted molar refractivity (Wildman–Crippen MR) is 64.9 cm³/mol. The quantitative estimate of drug-likeness (QED) is 0.850. The van der Waals surface area contributed by atoms with Crippen LogP contribution < -0.4 is 11.1 Å². The van der Waals surface area contributed by atoms with E-state index in [0.29, 0.717) is 17.9 Å². The largest absolute Gasteiger partial charge is 0.368 e. The maximum atomic E-state index is 13.4.